The monoisotopic (exact) mass is 153 g/mol. The second kappa shape index (κ2) is 2.20. The first kappa shape index (κ1) is 6.44. The normalized spacial score (nSPS) is 54.5. The smallest absolute Gasteiger partial charge is 0.0797 e. The maximum absolute atomic E-state index is 5.79. The van der Waals surface area contributed by atoms with Gasteiger partial charge in [-0.2, -0.15) is 5.06 Å². The van der Waals surface area contributed by atoms with E-state index >= 15 is 0 Å². The van der Waals surface area contributed by atoms with Crippen LogP contribution in [0.4, 0.5) is 0 Å². The van der Waals surface area contributed by atoms with E-state index in [-0.39, 0.29) is 0 Å². The van der Waals surface area contributed by atoms with Crippen LogP contribution in [-0.2, 0) is 4.84 Å². The van der Waals surface area contributed by atoms with Gasteiger partial charge in [0.1, 0.15) is 0 Å². The highest BCUT2D eigenvalue weighted by molar-refractivity contribution is 4.91. The first-order valence-corrected chi connectivity index (χ1v) is 4.87. The van der Waals surface area contributed by atoms with Crippen molar-refractivity contribution in [3.8, 4) is 0 Å². The number of fused-ring (bicyclic) bond motifs is 1. The molecular weight excluding hydrogens is 138 g/mol. The first-order valence-electron chi connectivity index (χ1n) is 4.87. The predicted molar refractivity (Wildman–Crippen MR) is 41.9 cm³/mol. The van der Waals surface area contributed by atoms with Gasteiger partial charge in [-0.05, 0) is 38.0 Å². The van der Waals surface area contributed by atoms with E-state index in [1.54, 1.807) is 0 Å². The molecule has 1 saturated carbocycles. The Labute approximate surface area is 67.5 Å². The lowest BCUT2D eigenvalue weighted by atomic mass is 9.76. The minimum atomic E-state index is 0.588. The average molecular weight is 153 g/mol. The van der Waals surface area contributed by atoms with Crippen LogP contribution in [0.5, 0.6) is 0 Å². The molecule has 1 aliphatic carbocycles. The van der Waals surface area contributed by atoms with Gasteiger partial charge in [0.2, 0.25) is 0 Å². The summed E-state index contributed by atoms with van der Waals surface area (Å²) in [5, 5.41) is 2.27. The third kappa shape index (κ3) is 0.859. The molecule has 0 amide bonds. The predicted octanol–water partition coefficient (Wildman–Crippen LogP) is 1.56. The average Bonchev–Trinajstić information content (AvgIpc) is 2.05. The van der Waals surface area contributed by atoms with Gasteiger partial charge >= 0.3 is 0 Å². The number of rotatable bonds is 0. The third-order valence-electron chi connectivity index (χ3n) is 3.50. The molecule has 62 valence electrons. The van der Waals surface area contributed by atoms with Crippen LogP contribution in [0.1, 0.15) is 32.1 Å². The first-order chi connectivity index (χ1) is 5.43. The molecule has 0 aromatic rings. The fourth-order valence-corrected chi connectivity index (χ4v) is 2.99. The lowest BCUT2D eigenvalue weighted by Crippen LogP contribution is -2.56. The van der Waals surface area contributed by atoms with Crippen molar-refractivity contribution in [2.75, 3.05) is 6.54 Å². The fraction of sp³-hybridized carbons (Fsp3) is 1.00. The summed E-state index contributed by atoms with van der Waals surface area (Å²) in [4.78, 5) is 5.79. The maximum Gasteiger partial charge on any atom is 0.0797 e. The van der Waals surface area contributed by atoms with Crippen molar-refractivity contribution >= 4 is 0 Å². The highest BCUT2D eigenvalue weighted by atomic mass is 16.7. The Morgan fingerprint density at radius 1 is 1.18 bits per heavy atom. The Hall–Kier alpha value is -0.0800. The highest BCUT2D eigenvalue weighted by Crippen LogP contribution is 2.41. The Morgan fingerprint density at radius 3 is 2.91 bits per heavy atom. The van der Waals surface area contributed by atoms with Crippen molar-refractivity contribution in [3.05, 3.63) is 0 Å². The van der Waals surface area contributed by atoms with Crippen LogP contribution in [0.2, 0.25) is 0 Å². The van der Waals surface area contributed by atoms with E-state index in [0.29, 0.717) is 6.10 Å². The maximum atomic E-state index is 5.79. The lowest BCUT2D eigenvalue weighted by Gasteiger charge is -2.52. The highest BCUT2D eigenvalue weighted by Gasteiger charge is 2.43. The summed E-state index contributed by atoms with van der Waals surface area (Å²) in [6.45, 7) is 1.19. The van der Waals surface area contributed by atoms with Gasteiger partial charge in [-0.1, -0.05) is 0 Å². The van der Waals surface area contributed by atoms with Crippen LogP contribution >= 0.6 is 0 Å². The van der Waals surface area contributed by atoms with E-state index in [0.717, 1.165) is 12.0 Å². The molecule has 3 unspecified atom stereocenters. The van der Waals surface area contributed by atoms with E-state index < -0.39 is 0 Å². The molecule has 2 heteroatoms. The van der Waals surface area contributed by atoms with E-state index in [1.807, 2.05) is 0 Å². The third-order valence-corrected chi connectivity index (χ3v) is 3.50. The molecule has 0 aromatic carbocycles. The zero-order valence-electron chi connectivity index (χ0n) is 6.83. The number of nitrogens with zero attached hydrogens (tertiary/aromatic N) is 1. The summed E-state index contributed by atoms with van der Waals surface area (Å²) < 4.78 is 0. The summed E-state index contributed by atoms with van der Waals surface area (Å²) in [6.07, 6.45) is 7.47. The van der Waals surface area contributed by atoms with E-state index in [1.165, 1.54) is 38.6 Å². The quantitative estimate of drug-likeness (QED) is 0.523. The SMILES string of the molecule is C1C[C@H]2CC3CCC2N(C1)O3. The largest absolute Gasteiger partial charge is 0.295 e. The van der Waals surface area contributed by atoms with Crippen molar-refractivity contribution < 1.29 is 4.84 Å². The van der Waals surface area contributed by atoms with Gasteiger partial charge in [0.15, 0.2) is 0 Å². The van der Waals surface area contributed by atoms with Crippen molar-refractivity contribution in [1.29, 1.82) is 0 Å². The summed E-state index contributed by atoms with van der Waals surface area (Å²) in [5.41, 5.74) is 0. The van der Waals surface area contributed by atoms with Crippen molar-refractivity contribution in [1.82, 2.24) is 5.06 Å². The molecular formula is C9H15NO. The number of hydrogen-bond acceptors (Lipinski definition) is 2. The van der Waals surface area contributed by atoms with Crippen molar-refractivity contribution in [2.45, 2.75) is 44.2 Å². The van der Waals surface area contributed by atoms with Crippen LogP contribution < -0.4 is 0 Å². The molecule has 4 bridgehead atoms. The van der Waals surface area contributed by atoms with Gasteiger partial charge in [-0.3, -0.25) is 4.84 Å². The molecule has 3 aliphatic heterocycles. The number of piperidine rings is 1. The molecule has 0 N–H and O–H groups in total. The lowest BCUT2D eigenvalue weighted by molar-refractivity contribution is -0.304. The molecule has 2 nitrogen and oxygen atoms in total. The molecule has 11 heavy (non-hydrogen) atoms. The minimum absolute atomic E-state index is 0.588. The van der Waals surface area contributed by atoms with Crippen LogP contribution in [0.3, 0.4) is 0 Å². The fourth-order valence-electron chi connectivity index (χ4n) is 2.99. The van der Waals surface area contributed by atoms with Gasteiger partial charge < -0.3 is 0 Å². The van der Waals surface area contributed by atoms with Crippen molar-refractivity contribution in [2.24, 2.45) is 5.92 Å². The molecule has 3 heterocycles. The van der Waals surface area contributed by atoms with E-state index in [9.17, 15) is 0 Å². The summed E-state index contributed by atoms with van der Waals surface area (Å²) >= 11 is 0. The summed E-state index contributed by atoms with van der Waals surface area (Å²) in [6, 6.07) is 0.800. The van der Waals surface area contributed by atoms with E-state index in [4.69, 9.17) is 4.84 Å². The van der Waals surface area contributed by atoms with Gasteiger partial charge in [0, 0.05) is 12.6 Å². The summed E-state index contributed by atoms with van der Waals surface area (Å²) in [7, 11) is 0. The van der Waals surface area contributed by atoms with E-state index in [2.05, 4.69) is 5.06 Å². The molecule has 0 radical (unpaired) electrons. The Morgan fingerprint density at radius 2 is 2.18 bits per heavy atom. The van der Waals surface area contributed by atoms with Crippen LogP contribution in [0.25, 0.3) is 0 Å². The molecule has 4 rings (SSSR count). The molecule has 4 aliphatic rings. The Kier molecular flexibility index (Phi) is 1.29. The topological polar surface area (TPSA) is 12.5 Å². The van der Waals surface area contributed by atoms with Gasteiger partial charge in [-0.15, -0.1) is 0 Å². The van der Waals surface area contributed by atoms with Gasteiger partial charge in [0.05, 0.1) is 6.10 Å². The standard InChI is InChI=1S/C9H15NO/c1-2-7-6-8-3-4-9(7)10(5-1)11-8/h7-9H,1-6H2/t7-,8?,9?/m0/s1. The van der Waals surface area contributed by atoms with Gasteiger partial charge in [0.25, 0.3) is 0 Å². The zero-order chi connectivity index (χ0) is 7.26. The Balaban J connectivity index is 1.88. The molecule has 3 saturated heterocycles. The zero-order valence-corrected chi connectivity index (χ0v) is 6.83. The van der Waals surface area contributed by atoms with Crippen LogP contribution in [-0.4, -0.2) is 23.8 Å². The minimum Gasteiger partial charge on any atom is -0.295 e. The van der Waals surface area contributed by atoms with Crippen molar-refractivity contribution in [3.63, 3.8) is 0 Å². The Bertz CT molecular complexity index is 157. The number of hydroxylamine groups is 2. The molecule has 4 fully saturated rings. The molecule has 0 spiro atoms. The van der Waals surface area contributed by atoms with Crippen LogP contribution in [0, 0.1) is 5.92 Å². The van der Waals surface area contributed by atoms with Gasteiger partial charge in [-0.25, -0.2) is 0 Å². The molecule has 0 aromatic heterocycles. The van der Waals surface area contributed by atoms with Crippen LogP contribution in [0.15, 0.2) is 0 Å². The second-order valence-corrected chi connectivity index (χ2v) is 4.15. The second-order valence-electron chi connectivity index (χ2n) is 4.15. The molecule has 4 atom stereocenters. The summed E-state index contributed by atoms with van der Waals surface area (Å²) in [5.74, 6) is 0.983. The number of hydrogen-bond donors (Lipinski definition) is 0.